The number of nitrogens with zero attached hydrogens (tertiary/aromatic N) is 4. The number of oxazole rings is 1. The minimum absolute atomic E-state index is 0.00527. The molecule has 1 aromatic carbocycles. The normalized spacial score (nSPS) is 13.3. The van der Waals surface area contributed by atoms with Gasteiger partial charge in [-0.2, -0.15) is 5.26 Å². The predicted octanol–water partition coefficient (Wildman–Crippen LogP) is 3.89. The van der Waals surface area contributed by atoms with Crippen LogP contribution in [0.1, 0.15) is 18.4 Å². The topological polar surface area (TPSA) is 117 Å². The lowest BCUT2D eigenvalue weighted by molar-refractivity contribution is -0.117. The predicted molar refractivity (Wildman–Crippen MR) is 113 cm³/mol. The Bertz CT molecular complexity index is 1330. The fourth-order valence-corrected chi connectivity index (χ4v) is 3.49. The average molecular weight is 398 g/mol. The summed E-state index contributed by atoms with van der Waals surface area (Å²) in [5.74, 6) is 1.64. The molecular weight excluding hydrogens is 380 g/mol. The first-order chi connectivity index (χ1) is 14.7. The SMILES string of the molecule is CNc1ncc(-c2nc3cccc(CC#N)c3o2)c2cc(NC(=O)C3CC3)ncc12. The molecule has 3 aromatic heterocycles. The number of hydrogen-bond acceptors (Lipinski definition) is 7. The van der Waals surface area contributed by atoms with Crippen molar-refractivity contribution in [2.45, 2.75) is 19.3 Å². The number of nitriles is 1. The van der Waals surface area contributed by atoms with Crippen LogP contribution >= 0.6 is 0 Å². The highest BCUT2D eigenvalue weighted by atomic mass is 16.3. The van der Waals surface area contributed by atoms with E-state index in [0.717, 1.165) is 29.2 Å². The van der Waals surface area contributed by atoms with Gasteiger partial charge in [0.1, 0.15) is 17.2 Å². The van der Waals surface area contributed by atoms with Crippen LogP contribution in [0.4, 0.5) is 11.6 Å². The fraction of sp³-hybridized carbons (Fsp3) is 0.227. The van der Waals surface area contributed by atoms with Crippen LogP contribution < -0.4 is 10.6 Å². The molecule has 0 radical (unpaired) electrons. The van der Waals surface area contributed by atoms with Gasteiger partial charge in [0.25, 0.3) is 0 Å². The summed E-state index contributed by atoms with van der Waals surface area (Å²) in [4.78, 5) is 25.6. The van der Waals surface area contributed by atoms with Crippen LogP contribution in [0, 0.1) is 17.2 Å². The van der Waals surface area contributed by atoms with Gasteiger partial charge in [0.15, 0.2) is 5.58 Å². The zero-order valence-electron chi connectivity index (χ0n) is 16.3. The molecular formula is C22H18N6O2. The second kappa shape index (κ2) is 7.12. The molecule has 1 saturated carbocycles. The summed E-state index contributed by atoms with van der Waals surface area (Å²) in [6.45, 7) is 0. The van der Waals surface area contributed by atoms with E-state index in [9.17, 15) is 4.79 Å². The number of carbonyl (C=O) groups is 1. The van der Waals surface area contributed by atoms with E-state index in [4.69, 9.17) is 9.68 Å². The number of anilines is 2. The van der Waals surface area contributed by atoms with E-state index in [2.05, 4.69) is 31.7 Å². The summed E-state index contributed by atoms with van der Waals surface area (Å²) in [6, 6.07) is 9.54. The first-order valence-corrected chi connectivity index (χ1v) is 9.71. The van der Waals surface area contributed by atoms with Crippen molar-refractivity contribution < 1.29 is 9.21 Å². The molecule has 30 heavy (non-hydrogen) atoms. The number of nitrogens with one attached hydrogen (secondary N) is 2. The fourth-order valence-electron chi connectivity index (χ4n) is 3.49. The van der Waals surface area contributed by atoms with Crippen LogP contribution in [0.2, 0.25) is 0 Å². The molecule has 0 atom stereocenters. The van der Waals surface area contributed by atoms with E-state index in [0.29, 0.717) is 34.2 Å². The number of aromatic nitrogens is 3. The number of amides is 1. The summed E-state index contributed by atoms with van der Waals surface area (Å²) in [5.41, 5.74) is 2.75. The summed E-state index contributed by atoms with van der Waals surface area (Å²) in [6.07, 6.45) is 5.46. The summed E-state index contributed by atoms with van der Waals surface area (Å²) >= 11 is 0. The Balaban J connectivity index is 1.66. The third kappa shape index (κ3) is 3.10. The molecule has 0 spiro atoms. The van der Waals surface area contributed by atoms with E-state index in [-0.39, 0.29) is 18.2 Å². The molecule has 5 rings (SSSR count). The molecule has 8 heteroatoms. The molecule has 2 N–H and O–H groups in total. The lowest BCUT2D eigenvalue weighted by Gasteiger charge is -2.10. The molecule has 1 aliphatic rings. The first-order valence-electron chi connectivity index (χ1n) is 9.71. The van der Waals surface area contributed by atoms with E-state index < -0.39 is 0 Å². The number of benzene rings is 1. The monoisotopic (exact) mass is 398 g/mol. The van der Waals surface area contributed by atoms with Gasteiger partial charge in [-0.3, -0.25) is 4.79 Å². The number of hydrogen-bond donors (Lipinski definition) is 2. The van der Waals surface area contributed by atoms with Crippen molar-refractivity contribution in [3.8, 4) is 17.5 Å². The largest absolute Gasteiger partial charge is 0.436 e. The standard InChI is InChI=1S/C22H18N6O2/c1-24-20-15-10-25-18(28-21(29)13-5-6-13)9-14(15)16(11-26-20)22-27-17-4-2-3-12(7-8-23)19(17)30-22/h2-4,9-11,13H,5-7H2,1H3,(H,24,26)(H,25,28,29). The molecule has 148 valence electrons. The van der Waals surface area contributed by atoms with Crippen molar-refractivity contribution in [1.82, 2.24) is 15.0 Å². The number of fused-ring (bicyclic) bond motifs is 2. The zero-order chi connectivity index (χ0) is 20.7. The van der Waals surface area contributed by atoms with Crippen molar-refractivity contribution in [3.05, 3.63) is 42.2 Å². The van der Waals surface area contributed by atoms with Gasteiger partial charge >= 0.3 is 0 Å². The third-order valence-corrected chi connectivity index (χ3v) is 5.20. The Morgan fingerprint density at radius 3 is 2.90 bits per heavy atom. The molecule has 1 amide bonds. The van der Waals surface area contributed by atoms with Gasteiger partial charge in [-0.25, -0.2) is 15.0 Å². The van der Waals surface area contributed by atoms with Crippen LogP contribution in [0.3, 0.4) is 0 Å². The molecule has 4 aromatic rings. The maximum atomic E-state index is 12.2. The number of para-hydroxylation sites is 1. The molecule has 1 fully saturated rings. The minimum atomic E-state index is -0.00527. The molecule has 0 bridgehead atoms. The first kappa shape index (κ1) is 18.1. The highest BCUT2D eigenvalue weighted by molar-refractivity contribution is 6.03. The number of carbonyl (C=O) groups excluding carboxylic acids is 1. The quantitative estimate of drug-likeness (QED) is 0.524. The zero-order valence-corrected chi connectivity index (χ0v) is 16.3. The lowest BCUT2D eigenvalue weighted by Crippen LogP contribution is -2.14. The average Bonchev–Trinajstić information content (AvgIpc) is 3.52. The van der Waals surface area contributed by atoms with Crippen molar-refractivity contribution in [3.63, 3.8) is 0 Å². The molecule has 3 heterocycles. The summed E-state index contributed by atoms with van der Waals surface area (Å²) in [5, 5.41) is 16.6. The van der Waals surface area contributed by atoms with Gasteiger partial charge in [0.2, 0.25) is 11.8 Å². The van der Waals surface area contributed by atoms with Gasteiger partial charge in [0, 0.05) is 41.7 Å². The van der Waals surface area contributed by atoms with E-state index >= 15 is 0 Å². The Hall–Kier alpha value is -3.99. The second-order valence-electron chi connectivity index (χ2n) is 7.27. The summed E-state index contributed by atoms with van der Waals surface area (Å²) in [7, 11) is 1.79. The highest BCUT2D eigenvalue weighted by Gasteiger charge is 2.30. The molecule has 0 unspecified atom stereocenters. The van der Waals surface area contributed by atoms with Gasteiger partial charge in [-0.15, -0.1) is 0 Å². The van der Waals surface area contributed by atoms with Crippen molar-refractivity contribution in [2.24, 2.45) is 5.92 Å². The smallest absolute Gasteiger partial charge is 0.229 e. The van der Waals surface area contributed by atoms with Gasteiger partial charge in [-0.1, -0.05) is 12.1 Å². The number of rotatable bonds is 5. The van der Waals surface area contributed by atoms with E-state index in [1.165, 1.54) is 0 Å². The molecule has 0 aliphatic heterocycles. The second-order valence-corrected chi connectivity index (χ2v) is 7.27. The molecule has 8 nitrogen and oxygen atoms in total. The Morgan fingerprint density at radius 2 is 2.13 bits per heavy atom. The lowest BCUT2D eigenvalue weighted by atomic mass is 10.1. The minimum Gasteiger partial charge on any atom is -0.436 e. The van der Waals surface area contributed by atoms with Gasteiger partial charge < -0.3 is 15.1 Å². The van der Waals surface area contributed by atoms with Crippen LogP contribution in [0.15, 0.2) is 41.1 Å². The highest BCUT2D eigenvalue weighted by Crippen LogP contribution is 2.35. The Labute approximate surface area is 172 Å². The van der Waals surface area contributed by atoms with Gasteiger partial charge in [0.05, 0.1) is 18.1 Å². The van der Waals surface area contributed by atoms with Crippen molar-refractivity contribution in [2.75, 3.05) is 17.7 Å². The van der Waals surface area contributed by atoms with Crippen LogP contribution in [-0.2, 0) is 11.2 Å². The van der Waals surface area contributed by atoms with Crippen LogP contribution in [-0.4, -0.2) is 27.9 Å². The number of pyridine rings is 2. The van der Waals surface area contributed by atoms with Crippen LogP contribution in [0.25, 0.3) is 33.3 Å². The molecule has 0 saturated heterocycles. The van der Waals surface area contributed by atoms with Crippen molar-refractivity contribution >= 4 is 39.4 Å². The third-order valence-electron chi connectivity index (χ3n) is 5.20. The maximum Gasteiger partial charge on any atom is 0.229 e. The Kier molecular flexibility index (Phi) is 4.29. The van der Waals surface area contributed by atoms with Crippen molar-refractivity contribution in [1.29, 1.82) is 5.26 Å². The van der Waals surface area contributed by atoms with E-state index in [1.54, 1.807) is 19.4 Å². The van der Waals surface area contributed by atoms with Crippen LogP contribution in [0.5, 0.6) is 0 Å². The maximum absolute atomic E-state index is 12.2. The summed E-state index contributed by atoms with van der Waals surface area (Å²) < 4.78 is 6.06. The van der Waals surface area contributed by atoms with Gasteiger partial charge in [-0.05, 0) is 25.0 Å². The Morgan fingerprint density at radius 1 is 1.27 bits per heavy atom. The molecule has 1 aliphatic carbocycles. The van der Waals surface area contributed by atoms with E-state index in [1.807, 2.05) is 24.3 Å².